The van der Waals surface area contributed by atoms with Crippen LogP contribution in [0, 0.1) is 0 Å². The third-order valence-electron chi connectivity index (χ3n) is 3.77. The largest absolute Gasteiger partial charge is 0.384 e. The topological polar surface area (TPSA) is 76.3 Å². The number of anilines is 1. The van der Waals surface area contributed by atoms with Gasteiger partial charge in [0.1, 0.15) is 5.82 Å². The number of nitrogens with two attached hydrogens (primary N) is 1. The fourth-order valence-corrected chi connectivity index (χ4v) is 4.01. The lowest BCUT2D eigenvalue weighted by atomic mass is 10.1. The monoisotopic (exact) mass is 283 g/mol. The Kier molecular flexibility index (Phi) is 4.42. The van der Waals surface area contributed by atoms with Crippen molar-refractivity contribution >= 4 is 15.8 Å². The predicted octanol–water partition coefficient (Wildman–Crippen LogP) is 2.01. The number of aromatic nitrogens is 1. The van der Waals surface area contributed by atoms with Crippen LogP contribution >= 0.6 is 0 Å². The summed E-state index contributed by atoms with van der Waals surface area (Å²) in [5.41, 5.74) is 5.56. The second kappa shape index (κ2) is 5.88. The number of pyridine rings is 1. The Morgan fingerprint density at radius 1 is 1.26 bits per heavy atom. The highest BCUT2D eigenvalue weighted by Gasteiger charge is 2.28. The molecule has 2 rings (SSSR count). The minimum Gasteiger partial charge on any atom is -0.384 e. The van der Waals surface area contributed by atoms with E-state index in [4.69, 9.17) is 5.73 Å². The molecule has 1 heterocycles. The molecule has 106 valence electrons. The van der Waals surface area contributed by atoms with Crippen molar-refractivity contribution in [3.8, 4) is 0 Å². The number of hydrogen-bond donors (Lipinski definition) is 1. The maximum atomic E-state index is 12.5. The van der Waals surface area contributed by atoms with Gasteiger partial charge in [0.15, 0.2) is 0 Å². The van der Waals surface area contributed by atoms with E-state index in [9.17, 15) is 8.42 Å². The molecular formula is C13H21N3O2S. The molecule has 1 aromatic rings. The molecule has 1 aromatic heterocycles. The lowest BCUT2D eigenvalue weighted by Crippen LogP contribution is -2.36. The standard InChI is InChI=1S/C13H21N3O2S/c1-16(11-6-4-2-3-5-7-11)19(17,18)12-8-9-15-13(14)10-12/h8-11H,2-7H2,1H3,(H2,14,15). The van der Waals surface area contributed by atoms with Gasteiger partial charge < -0.3 is 5.73 Å². The van der Waals surface area contributed by atoms with Crippen LogP contribution in [0.25, 0.3) is 0 Å². The number of hydrogen-bond acceptors (Lipinski definition) is 4. The van der Waals surface area contributed by atoms with Crippen molar-refractivity contribution in [2.24, 2.45) is 0 Å². The lowest BCUT2D eigenvalue weighted by molar-refractivity contribution is 0.335. The first-order chi connectivity index (χ1) is 9.01. The molecule has 0 aromatic carbocycles. The second-order valence-electron chi connectivity index (χ2n) is 5.08. The fourth-order valence-electron chi connectivity index (χ4n) is 2.57. The van der Waals surface area contributed by atoms with Crippen LogP contribution in [-0.2, 0) is 10.0 Å². The van der Waals surface area contributed by atoms with Gasteiger partial charge in [0.05, 0.1) is 4.90 Å². The van der Waals surface area contributed by atoms with E-state index in [0.717, 1.165) is 25.7 Å². The molecule has 0 spiro atoms. The molecule has 0 unspecified atom stereocenters. The SMILES string of the molecule is CN(C1CCCCCC1)S(=O)(=O)c1ccnc(N)c1. The quantitative estimate of drug-likeness (QED) is 0.861. The molecule has 1 fully saturated rings. The van der Waals surface area contributed by atoms with Crippen molar-refractivity contribution in [1.82, 2.24) is 9.29 Å². The number of nitrogens with zero attached hydrogens (tertiary/aromatic N) is 2. The number of rotatable bonds is 3. The molecule has 0 radical (unpaired) electrons. The molecule has 19 heavy (non-hydrogen) atoms. The van der Waals surface area contributed by atoms with Crippen LogP contribution in [0.3, 0.4) is 0 Å². The van der Waals surface area contributed by atoms with E-state index in [1.165, 1.54) is 35.5 Å². The highest BCUT2D eigenvalue weighted by molar-refractivity contribution is 7.89. The maximum Gasteiger partial charge on any atom is 0.243 e. The first-order valence-corrected chi connectivity index (χ1v) is 8.15. The van der Waals surface area contributed by atoms with Crippen molar-refractivity contribution in [3.05, 3.63) is 18.3 Å². The van der Waals surface area contributed by atoms with E-state index in [-0.39, 0.29) is 16.8 Å². The molecule has 5 nitrogen and oxygen atoms in total. The molecule has 0 bridgehead atoms. The summed E-state index contributed by atoms with van der Waals surface area (Å²) in [4.78, 5) is 4.06. The summed E-state index contributed by atoms with van der Waals surface area (Å²) in [7, 11) is -1.80. The van der Waals surface area contributed by atoms with Gasteiger partial charge in [-0.05, 0) is 18.9 Å². The minimum atomic E-state index is -3.46. The van der Waals surface area contributed by atoms with Gasteiger partial charge in [-0.3, -0.25) is 0 Å². The Morgan fingerprint density at radius 2 is 1.89 bits per heavy atom. The van der Waals surface area contributed by atoms with Crippen molar-refractivity contribution < 1.29 is 8.42 Å². The molecule has 0 atom stereocenters. The first-order valence-electron chi connectivity index (χ1n) is 6.71. The van der Waals surface area contributed by atoms with Crippen LogP contribution in [0.5, 0.6) is 0 Å². The summed E-state index contributed by atoms with van der Waals surface area (Å²) >= 11 is 0. The molecule has 0 amide bonds. The summed E-state index contributed by atoms with van der Waals surface area (Å²) in [5.74, 6) is 0.232. The van der Waals surface area contributed by atoms with Gasteiger partial charge in [0, 0.05) is 25.4 Å². The molecule has 1 aliphatic rings. The Morgan fingerprint density at radius 3 is 2.47 bits per heavy atom. The van der Waals surface area contributed by atoms with Crippen LogP contribution in [-0.4, -0.2) is 30.8 Å². The highest BCUT2D eigenvalue weighted by Crippen LogP contribution is 2.26. The van der Waals surface area contributed by atoms with Crippen LogP contribution in [0.2, 0.25) is 0 Å². The molecule has 0 aliphatic heterocycles. The van der Waals surface area contributed by atoms with E-state index in [1.807, 2.05) is 0 Å². The van der Waals surface area contributed by atoms with Gasteiger partial charge in [-0.25, -0.2) is 13.4 Å². The van der Waals surface area contributed by atoms with Crippen molar-refractivity contribution in [2.45, 2.75) is 49.5 Å². The Hall–Kier alpha value is -1.14. The van der Waals surface area contributed by atoms with Crippen molar-refractivity contribution in [3.63, 3.8) is 0 Å². The molecule has 6 heteroatoms. The zero-order valence-electron chi connectivity index (χ0n) is 11.2. The third-order valence-corrected chi connectivity index (χ3v) is 5.67. The highest BCUT2D eigenvalue weighted by atomic mass is 32.2. The van der Waals surface area contributed by atoms with Crippen LogP contribution in [0.1, 0.15) is 38.5 Å². The molecule has 1 aliphatic carbocycles. The van der Waals surface area contributed by atoms with Crippen molar-refractivity contribution in [2.75, 3.05) is 12.8 Å². The van der Waals surface area contributed by atoms with Gasteiger partial charge in [0.2, 0.25) is 10.0 Å². The zero-order chi connectivity index (χ0) is 13.9. The van der Waals surface area contributed by atoms with E-state index < -0.39 is 10.0 Å². The fraction of sp³-hybridized carbons (Fsp3) is 0.615. The molecular weight excluding hydrogens is 262 g/mol. The van der Waals surface area contributed by atoms with Crippen molar-refractivity contribution in [1.29, 1.82) is 0 Å². The smallest absolute Gasteiger partial charge is 0.243 e. The van der Waals surface area contributed by atoms with Crippen LogP contribution in [0.4, 0.5) is 5.82 Å². The molecule has 1 saturated carbocycles. The lowest BCUT2D eigenvalue weighted by Gasteiger charge is -2.26. The van der Waals surface area contributed by atoms with Gasteiger partial charge in [-0.1, -0.05) is 25.7 Å². The Bertz CT molecular complexity index is 522. The van der Waals surface area contributed by atoms with E-state index in [0.29, 0.717) is 0 Å². The third kappa shape index (κ3) is 3.25. The summed E-state index contributed by atoms with van der Waals surface area (Å²) < 4.78 is 26.6. The molecule has 0 saturated heterocycles. The number of sulfonamides is 1. The first kappa shape index (κ1) is 14.3. The Labute approximate surface area is 114 Å². The Balaban J connectivity index is 2.23. The minimum absolute atomic E-state index is 0.0990. The van der Waals surface area contributed by atoms with Crippen LogP contribution < -0.4 is 5.73 Å². The average Bonchev–Trinajstić information content (AvgIpc) is 2.66. The summed E-state index contributed by atoms with van der Waals surface area (Å²) in [5, 5.41) is 0. The van der Waals surface area contributed by atoms with Gasteiger partial charge in [-0.2, -0.15) is 4.31 Å². The van der Waals surface area contributed by atoms with Gasteiger partial charge in [-0.15, -0.1) is 0 Å². The van der Waals surface area contributed by atoms with E-state index in [2.05, 4.69) is 4.98 Å². The molecule has 2 N–H and O–H groups in total. The summed E-state index contributed by atoms with van der Waals surface area (Å²) in [6.07, 6.45) is 7.92. The van der Waals surface area contributed by atoms with E-state index >= 15 is 0 Å². The summed E-state index contributed by atoms with van der Waals surface area (Å²) in [6.45, 7) is 0. The van der Waals surface area contributed by atoms with Gasteiger partial charge >= 0.3 is 0 Å². The van der Waals surface area contributed by atoms with Gasteiger partial charge in [0.25, 0.3) is 0 Å². The normalized spacial score (nSPS) is 18.4. The number of nitrogen functional groups attached to an aromatic ring is 1. The van der Waals surface area contributed by atoms with Crippen LogP contribution in [0.15, 0.2) is 23.2 Å². The van der Waals surface area contributed by atoms with E-state index in [1.54, 1.807) is 7.05 Å². The average molecular weight is 283 g/mol. The predicted molar refractivity (Wildman–Crippen MR) is 75.1 cm³/mol. The zero-order valence-corrected chi connectivity index (χ0v) is 12.1. The summed E-state index contributed by atoms with van der Waals surface area (Å²) in [6, 6.07) is 3.02. The maximum absolute atomic E-state index is 12.5. The second-order valence-corrected chi connectivity index (χ2v) is 7.08.